The highest BCUT2D eigenvalue weighted by Crippen LogP contribution is 2.58. The van der Waals surface area contributed by atoms with Crippen LogP contribution in [0.4, 0.5) is 17.1 Å². The summed E-state index contributed by atoms with van der Waals surface area (Å²) < 4.78 is 0. The molecule has 0 unspecified atom stereocenters. The molecule has 0 radical (unpaired) electrons. The fourth-order valence-corrected chi connectivity index (χ4v) is 11.4. The lowest BCUT2D eigenvalue weighted by Gasteiger charge is -2.34. The molecule has 0 fully saturated rings. The van der Waals surface area contributed by atoms with Crippen LogP contribution in [0.2, 0.25) is 0 Å². The second-order valence-corrected chi connectivity index (χ2v) is 17.9. The van der Waals surface area contributed by atoms with Gasteiger partial charge in [-0.3, -0.25) is 0 Å². The molecule has 68 heavy (non-hydrogen) atoms. The molecular weight excluding hydrogens is 819 g/mol. The largest absolute Gasteiger partial charge is 0.309 e. The first-order valence-corrected chi connectivity index (χ1v) is 23.6. The first-order chi connectivity index (χ1) is 33.8. The third-order valence-electron chi connectivity index (χ3n) is 14.3. The third-order valence-corrected chi connectivity index (χ3v) is 14.3. The highest BCUT2D eigenvalue weighted by molar-refractivity contribution is 6.24. The molecule has 1 heteroatoms. The summed E-state index contributed by atoms with van der Waals surface area (Å²) in [7, 11) is 0. The lowest BCUT2D eigenvalue weighted by Crippen LogP contribution is -2.28. The van der Waals surface area contributed by atoms with E-state index in [9.17, 15) is 0 Å². The van der Waals surface area contributed by atoms with E-state index in [1.165, 1.54) is 88.0 Å². The Hall–Kier alpha value is -8.78. The zero-order valence-corrected chi connectivity index (χ0v) is 37.4. The average molecular weight is 864 g/mol. The number of fused-ring (bicyclic) bond motifs is 7. The minimum absolute atomic E-state index is 0.519. The van der Waals surface area contributed by atoms with Gasteiger partial charge in [-0.2, -0.15) is 0 Å². The van der Waals surface area contributed by atoms with E-state index in [2.05, 4.69) is 278 Å². The van der Waals surface area contributed by atoms with Gasteiger partial charge in [0, 0.05) is 22.3 Å². The molecule has 0 atom stereocenters. The smallest absolute Gasteiger partial charge is 0.0713 e. The van der Waals surface area contributed by atoms with Crippen LogP contribution in [0.5, 0.6) is 0 Å². The Morgan fingerprint density at radius 2 is 0.735 bits per heavy atom. The fourth-order valence-electron chi connectivity index (χ4n) is 11.4. The van der Waals surface area contributed by atoms with Crippen molar-refractivity contribution in [2.24, 2.45) is 0 Å². The predicted molar refractivity (Wildman–Crippen MR) is 287 cm³/mol. The summed E-state index contributed by atoms with van der Waals surface area (Å²) in [6.07, 6.45) is 0. The van der Waals surface area contributed by atoms with E-state index in [0.717, 1.165) is 28.2 Å². The Kier molecular flexibility index (Phi) is 9.47. The number of hydrogen-bond donors (Lipinski definition) is 0. The summed E-state index contributed by atoms with van der Waals surface area (Å²) in [5, 5.41) is 7.28. The molecule has 0 aliphatic heterocycles. The van der Waals surface area contributed by atoms with Crippen LogP contribution < -0.4 is 4.90 Å². The fraction of sp³-hybridized carbons (Fsp3) is 0.0149. The number of benzene rings is 12. The van der Waals surface area contributed by atoms with Crippen LogP contribution in [0, 0.1) is 0 Å². The molecule has 12 aromatic rings. The van der Waals surface area contributed by atoms with Gasteiger partial charge in [0.05, 0.1) is 11.1 Å². The topological polar surface area (TPSA) is 3.24 Å². The van der Waals surface area contributed by atoms with E-state index in [-0.39, 0.29) is 0 Å². The van der Waals surface area contributed by atoms with Gasteiger partial charge in [0.1, 0.15) is 0 Å². The summed E-state index contributed by atoms with van der Waals surface area (Å²) in [5.74, 6) is 0. The minimum Gasteiger partial charge on any atom is -0.309 e. The molecule has 0 spiro atoms. The van der Waals surface area contributed by atoms with Crippen LogP contribution in [-0.2, 0) is 5.41 Å². The Bertz CT molecular complexity index is 3740. The Labute approximate surface area is 397 Å². The van der Waals surface area contributed by atoms with E-state index < -0.39 is 5.41 Å². The molecule has 0 saturated heterocycles. The van der Waals surface area contributed by atoms with Crippen molar-refractivity contribution in [3.63, 3.8) is 0 Å². The Balaban J connectivity index is 1.19. The molecule has 318 valence electrons. The van der Waals surface area contributed by atoms with E-state index in [1.807, 2.05) is 0 Å². The van der Waals surface area contributed by atoms with Crippen molar-refractivity contribution in [3.05, 3.63) is 295 Å². The lowest BCUT2D eigenvalue weighted by atomic mass is 9.68. The zero-order chi connectivity index (χ0) is 45.0. The van der Waals surface area contributed by atoms with E-state index in [1.54, 1.807) is 0 Å². The van der Waals surface area contributed by atoms with Crippen molar-refractivity contribution in [2.45, 2.75) is 5.41 Å². The van der Waals surface area contributed by atoms with E-state index >= 15 is 0 Å². The number of nitrogens with zero attached hydrogens (tertiary/aromatic N) is 1. The molecule has 0 aromatic heterocycles. The molecule has 13 rings (SSSR count). The van der Waals surface area contributed by atoms with Crippen molar-refractivity contribution in [2.75, 3.05) is 4.90 Å². The maximum atomic E-state index is 2.58. The summed E-state index contributed by atoms with van der Waals surface area (Å²) in [4.78, 5) is 2.58. The Morgan fingerprint density at radius 3 is 1.38 bits per heavy atom. The van der Waals surface area contributed by atoms with Crippen molar-refractivity contribution in [3.8, 4) is 44.5 Å². The summed E-state index contributed by atoms with van der Waals surface area (Å²) >= 11 is 0. The van der Waals surface area contributed by atoms with Crippen molar-refractivity contribution in [1.29, 1.82) is 0 Å². The van der Waals surface area contributed by atoms with Gasteiger partial charge in [0.25, 0.3) is 0 Å². The summed E-state index contributed by atoms with van der Waals surface area (Å²) in [6.45, 7) is 0. The molecule has 0 amide bonds. The minimum atomic E-state index is -0.519. The van der Waals surface area contributed by atoms with Gasteiger partial charge in [-0.15, -0.1) is 0 Å². The second-order valence-electron chi connectivity index (χ2n) is 17.9. The molecule has 0 saturated carbocycles. The monoisotopic (exact) mass is 863 g/mol. The van der Waals surface area contributed by atoms with Gasteiger partial charge in [0.15, 0.2) is 0 Å². The van der Waals surface area contributed by atoms with Crippen LogP contribution in [-0.4, -0.2) is 0 Å². The zero-order valence-electron chi connectivity index (χ0n) is 37.4. The van der Waals surface area contributed by atoms with Crippen LogP contribution >= 0.6 is 0 Å². The van der Waals surface area contributed by atoms with Gasteiger partial charge in [-0.1, -0.05) is 243 Å². The normalized spacial score (nSPS) is 12.5. The maximum absolute atomic E-state index is 2.58. The number of rotatable bonds is 8. The van der Waals surface area contributed by atoms with Crippen LogP contribution in [0.1, 0.15) is 22.3 Å². The van der Waals surface area contributed by atoms with Crippen molar-refractivity contribution >= 4 is 49.4 Å². The average Bonchev–Trinajstić information content (AvgIpc) is 3.72. The highest BCUT2D eigenvalue weighted by atomic mass is 15.1. The third kappa shape index (κ3) is 6.24. The molecule has 0 N–H and O–H groups in total. The first kappa shape index (κ1) is 39.6. The van der Waals surface area contributed by atoms with E-state index in [0.29, 0.717) is 0 Å². The van der Waals surface area contributed by atoms with Crippen LogP contribution in [0.15, 0.2) is 273 Å². The highest BCUT2D eigenvalue weighted by Gasteiger charge is 2.46. The summed E-state index contributed by atoms with van der Waals surface area (Å²) in [5.41, 5.74) is 17.4. The predicted octanol–water partition coefficient (Wildman–Crippen LogP) is 18.0. The van der Waals surface area contributed by atoms with Crippen molar-refractivity contribution in [1.82, 2.24) is 0 Å². The SMILES string of the molecule is c1ccc(-c2cc(-c3ccccc3)cc(N(c3ccc4c(c3)-c3ccccc3C4(c3ccccc3)c3ccccc3)c3c(-c4cccc5ccccc45)c4ccccc4c4ccccc34)c2)cc1. The Morgan fingerprint density at radius 1 is 0.265 bits per heavy atom. The quantitative estimate of drug-likeness (QED) is 0.138. The van der Waals surface area contributed by atoms with Crippen LogP contribution in [0.25, 0.3) is 76.8 Å². The second kappa shape index (κ2) is 16.3. The molecular formula is C67H45N. The first-order valence-electron chi connectivity index (χ1n) is 23.6. The van der Waals surface area contributed by atoms with Crippen LogP contribution in [0.3, 0.4) is 0 Å². The molecule has 1 aliphatic carbocycles. The van der Waals surface area contributed by atoms with Crippen molar-refractivity contribution < 1.29 is 0 Å². The lowest BCUT2D eigenvalue weighted by molar-refractivity contribution is 0.768. The number of hydrogen-bond acceptors (Lipinski definition) is 1. The number of anilines is 3. The maximum Gasteiger partial charge on any atom is 0.0713 e. The molecule has 12 aromatic carbocycles. The molecule has 0 heterocycles. The standard InChI is InChI=1S/C67H45N/c1-5-22-46(23-6-1)49-42-50(47-24-7-2-8-25-47)44-54(43-49)68(66-61-37-18-16-34-57(61)56-33-15-17-36-60(56)65(66)59-38-21-27-48-26-13-14-32-55(48)59)53-40-41-64-62(45-53)58-35-19-20-39-63(58)67(64,51-28-9-3-10-29-51)52-30-11-4-12-31-52/h1-45H. The van der Waals surface area contributed by atoms with Gasteiger partial charge in [0.2, 0.25) is 0 Å². The molecule has 1 nitrogen and oxygen atoms in total. The van der Waals surface area contributed by atoms with Gasteiger partial charge in [-0.05, 0) is 118 Å². The molecule has 0 bridgehead atoms. The van der Waals surface area contributed by atoms with E-state index in [4.69, 9.17) is 0 Å². The molecule has 1 aliphatic rings. The van der Waals surface area contributed by atoms with Gasteiger partial charge < -0.3 is 4.90 Å². The van der Waals surface area contributed by atoms with Gasteiger partial charge >= 0.3 is 0 Å². The van der Waals surface area contributed by atoms with Gasteiger partial charge in [-0.25, -0.2) is 0 Å². The summed E-state index contributed by atoms with van der Waals surface area (Å²) in [6, 6.07) is 101.